The van der Waals surface area contributed by atoms with Crippen molar-refractivity contribution in [2.24, 2.45) is 0 Å². The summed E-state index contributed by atoms with van der Waals surface area (Å²) in [5, 5.41) is 10.4. The monoisotopic (exact) mass is 1070 g/mol. The molecule has 3 heteroatoms. The number of rotatable bonds is 7. The molecule has 16 rings (SSSR count). The van der Waals surface area contributed by atoms with Crippen LogP contribution >= 0.6 is 0 Å². The first kappa shape index (κ1) is 49.4. The average Bonchev–Trinajstić information content (AvgIpc) is 2.68. The van der Waals surface area contributed by atoms with Crippen molar-refractivity contribution in [1.29, 1.82) is 0 Å². The van der Waals surface area contributed by atoms with Crippen molar-refractivity contribution in [1.82, 2.24) is 9.13 Å². The molecule has 3 nitrogen and oxygen atoms in total. The van der Waals surface area contributed by atoms with Crippen LogP contribution in [0.4, 0.5) is 5.69 Å². The number of nitrogens with zero attached hydrogens (tertiary/aromatic N) is 3. The van der Waals surface area contributed by atoms with Crippen molar-refractivity contribution >= 4 is 87.6 Å². The average molecular weight is 1070 g/mol. The van der Waals surface area contributed by atoms with Gasteiger partial charge in [0, 0.05) is 49.9 Å². The second kappa shape index (κ2) is 18.5. The molecule has 2 aromatic heterocycles. The first-order chi connectivity index (χ1) is 40.5. The minimum atomic E-state index is -0.316. The van der Waals surface area contributed by atoms with Gasteiger partial charge in [0.2, 0.25) is 0 Å². The molecule has 12 aromatic rings. The predicted octanol–water partition coefficient (Wildman–Crippen LogP) is 20.6. The molecule has 83 heavy (non-hydrogen) atoms. The molecule has 0 saturated carbocycles. The molecule has 0 N–H and O–H groups in total. The normalized spacial score (nSPS) is 20.2. The minimum Gasteiger partial charge on any atom is -0.355 e. The Bertz CT molecular complexity index is 4750. The Morgan fingerprint density at radius 1 is 0.422 bits per heavy atom. The van der Waals surface area contributed by atoms with E-state index in [4.69, 9.17) is 0 Å². The molecule has 10 aromatic carbocycles. The van der Waals surface area contributed by atoms with E-state index < -0.39 is 0 Å². The van der Waals surface area contributed by atoms with Crippen LogP contribution in [0.3, 0.4) is 0 Å². The maximum absolute atomic E-state index is 2.75. The molecular weight excluding hydrogens is 1000 g/mol. The Balaban J connectivity index is 0.780. The summed E-state index contributed by atoms with van der Waals surface area (Å²) in [4.78, 5) is 2.75. The van der Waals surface area contributed by atoms with Crippen molar-refractivity contribution in [3.8, 4) is 16.8 Å². The smallest absolute Gasteiger partial charge is 0.0670 e. The van der Waals surface area contributed by atoms with E-state index >= 15 is 0 Å². The van der Waals surface area contributed by atoms with Crippen LogP contribution in [0.15, 0.2) is 249 Å². The topological polar surface area (TPSA) is 13.1 Å². The van der Waals surface area contributed by atoms with Crippen LogP contribution in [0.1, 0.15) is 77.1 Å². The van der Waals surface area contributed by atoms with E-state index in [-0.39, 0.29) is 23.0 Å². The van der Waals surface area contributed by atoms with E-state index in [1.807, 2.05) is 0 Å². The van der Waals surface area contributed by atoms with Crippen LogP contribution in [-0.4, -0.2) is 20.7 Å². The van der Waals surface area contributed by atoms with E-state index in [2.05, 4.69) is 304 Å². The van der Waals surface area contributed by atoms with Crippen LogP contribution in [0, 0.1) is 27.7 Å². The lowest BCUT2D eigenvalue weighted by molar-refractivity contribution is 0.438. The highest BCUT2D eigenvalue weighted by atomic mass is 15.3. The molecule has 0 fully saturated rings. The van der Waals surface area contributed by atoms with Gasteiger partial charge in [-0.05, 0) is 199 Å². The highest BCUT2D eigenvalue weighted by Crippen LogP contribution is 2.55. The zero-order valence-corrected chi connectivity index (χ0v) is 48.1. The third kappa shape index (κ3) is 7.63. The molecular formula is C80H65N3. The van der Waals surface area contributed by atoms with E-state index in [9.17, 15) is 0 Å². The van der Waals surface area contributed by atoms with Gasteiger partial charge in [-0.15, -0.1) is 0 Å². The number of benzene rings is 10. The zero-order chi connectivity index (χ0) is 55.9. The fourth-order valence-corrected chi connectivity index (χ4v) is 15.2. The van der Waals surface area contributed by atoms with E-state index in [0.29, 0.717) is 0 Å². The number of fused-ring (bicyclic) bond motifs is 11. The first-order valence-electron chi connectivity index (χ1n) is 29.8. The molecule has 0 bridgehead atoms. The largest absolute Gasteiger partial charge is 0.355 e. The molecule has 1 aliphatic heterocycles. The van der Waals surface area contributed by atoms with E-state index in [0.717, 1.165) is 12.8 Å². The van der Waals surface area contributed by atoms with Gasteiger partial charge in [-0.3, -0.25) is 0 Å². The standard InChI is InChI=1S/C80H65N3/c1-50-20-33-72-66(44-50)67-45-51(2)21-34-73(67)81(72)60-29-24-54(25-30-60)59-40-43-80(6)71(49-59)70-48-58(55-38-41-79(5,42-39-55)83-74-35-22-52(3)46-68(74)69-47-53(4)23-36-75(69)83)28-37-76(70)82(80)61-31-26-57(27-32-61)78-64-18-12-10-16-62(64)77(56-14-8-7-9-15-56)63-17-11-13-19-65(63)78/h7-31,33-41,43-49,61,71H,32,42H2,1-6H3. The third-order valence-electron chi connectivity index (χ3n) is 19.2. The Hall–Kier alpha value is -9.44. The summed E-state index contributed by atoms with van der Waals surface area (Å²) in [6.07, 6.45) is 24.1. The summed E-state index contributed by atoms with van der Waals surface area (Å²) in [6, 6.07) is 73.4. The lowest BCUT2D eigenvalue weighted by Gasteiger charge is -2.44. The van der Waals surface area contributed by atoms with Crippen LogP contribution in [0.5, 0.6) is 0 Å². The summed E-state index contributed by atoms with van der Waals surface area (Å²) in [7, 11) is 0. The van der Waals surface area contributed by atoms with Gasteiger partial charge in [0.25, 0.3) is 0 Å². The number of aryl methyl sites for hydroxylation is 4. The lowest BCUT2D eigenvalue weighted by Crippen LogP contribution is -2.50. The number of hydrogen-bond donors (Lipinski definition) is 0. The summed E-state index contributed by atoms with van der Waals surface area (Å²) < 4.78 is 5.03. The van der Waals surface area contributed by atoms with Crippen LogP contribution < -0.4 is 4.90 Å². The quantitative estimate of drug-likeness (QED) is 0.145. The Morgan fingerprint density at radius 3 is 1.51 bits per heavy atom. The lowest BCUT2D eigenvalue weighted by atomic mass is 9.76. The van der Waals surface area contributed by atoms with Gasteiger partial charge in [0.05, 0.1) is 28.2 Å². The molecule has 4 aliphatic rings. The van der Waals surface area contributed by atoms with Gasteiger partial charge in [0.15, 0.2) is 0 Å². The van der Waals surface area contributed by atoms with Gasteiger partial charge in [0.1, 0.15) is 0 Å². The van der Waals surface area contributed by atoms with Gasteiger partial charge < -0.3 is 14.0 Å². The maximum Gasteiger partial charge on any atom is 0.0670 e. The molecule has 3 aliphatic carbocycles. The van der Waals surface area contributed by atoms with Gasteiger partial charge in [-0.1, -0.05) is 198 Å². The van der Waals surface area contributed by atoms with Gasteiger partial charge in [-0.25, -0.2) is 0 Å². The molecule has 0 radical (unpaired) electrons. The summed E-state index contributed by atoms with van der Waals surface area (Å²) >= 11 is 0. The molecule has 0 amide bonds. The third-order valence-corrected chi connectivity index (χ3v) is 19.2. The Kier molecular flexibility index (Phi) is 11.0. The molecule has 400 valence electrons. The number of hydrogen-bond acceptors (Lipinski definition) is 1. The summed E-state index contributed by atoms with van der Waals surface area (Å²) in [6.45, 7) is 13.7. The van der Waals surface area contributed by atoms with Crippen molar-refractivity contribution in [3.63, 3.8) is 0 Å². The molecule has 4 unspecified atom stereocenters. The molecule has 3 heterocycles. The Labute approximate surface area is 486 Å². The SMILES string of the molecule is Cc1ccc2c(c1)c1cc(C)ccc1n2-c1ccc(C2=CC3c4cc(C5=CCC(C)(n6c7ccc(C)cc7c7cc(C)ccc76)C=C5)ccc4N(C4C=CC(c5c6ccccc6c(-c6ccccc6)c6ccccc56)=CC4)C3(C)C=C2)cc1. The zero-order valence-electron chi connectivity index (χ0n) is 48.1. The molecule has 0 saturated heterocycles. The minimum absolute atomic E-state index is 0.112. The highest BCUT2D eigenvalue weighted by Gasteiger charge is 2.49. The predicted molar refractivity (Wildman–Crippen MR) is 354 cm³/mol. The van der Waals surface area contributed by atoms with Crippen LogP contribution in [0.25, 0.3) is 98.7 Å². The maximum atomic E-state index is 2.75. The first-order valence-corrected chi connectivity index (χ1v) is 29.8. The van der Waals surface area contributed by atoms with Gasteiger partial charge >= 0.3 is 0 Å². The number of anilines is 1. The molecule has 0 spiro atoms. The van der Waals surface area contributed by atoms with E-state index in [1.54, 1.807) is 0 Å². The fourth-order valence-electron chi connectivity index (χ4n) is 15.2. The summed E-state index contributed by atoms with van der Waals surface area (Å²) in [5.74, 6) is 0.112. The van der Waals surface area contributed by atoms with Crippen molar-refractivity contribution in [2.45, 2.75) is 77.4 Å². The number of allylic oxidation sites excluding steroid dienone is 8. The molecule has 4 atom stereocenters. The number of aromatic nitrogens is 2. The second-order valence-corrected chi connectivity index (χ2v) is 24.7. The summed E-state index contributed by atoms with van der Waals surface area (Å²) in [5.41, 5.74) is 23.7. The second-order valence-electron chi connectivity index (χ2n) is 24.7. The van der Waals surface area contributed by atoms with Crippen LogP contribution in [0.2, 0.25) is 0 Å². The van der Waals surface area contributed by atoms with Crippen molar-refractivity contribution < 1.29 is 0 Å². The van der Waals surface area contributed by atoms with Crippen molar-refractivity contribution in [2.75, 3.05) is 4.90 Å². The highest BCUT2D eigenvalue weighted by molar-refractivity contribution is 6.19. The Morgan fingerprint density at radius 2 is 0.952 bits per heavy atom. The van der Waals surface area contributed by atoms with Crippen molar-refractivity contribution in [3.05, 3.63) is 293 Å². The van der Waals surface area contributed by atoms with Crippen LogP contribution in [-0.2, 0) is 5.54 Å². The van der Waals surface area contributed by atoms with Gasteiger partial charge in [-0.2, -0.15) is 0 Å². The fraction of sp³-hybridized carbons (Fsp3) is 0.150. The van der Waals surface area contributed by atoms with E-state index in [1.165, 1.54) is 149 Å².